The number of rotatable bonds is 8. The monoisotopic (exact) mass is 263 g/mol. The second-order valence-electron chi connectivity index (χ2n) is 4.67. The van der Waals surface area contributed by atoms with Crippen LogP contribution in [0.15, 0.2) is 41.3 Å². The summed E-state index contributed by atoms with van der Waals surface area (Å²) in [5.41, 5.74) is 2.60. The third-order valence-corrected chi connectivity index (χ3v) is 3.68. The molecule has 0 aliphatic heterocycles. The molecule has 1 atom stereocenters. The normalized spacial score (nSPS) is 12.4. The van der Waals surface area contributed by atoms with Gasteiger partial charge >= 0.3 is 0 Å². The highest BCUT2D eigenvalue weighted by Gasteiger charge is 2.10. The van der Waals surface area contributed by atoms with Gasteiger partial charge in [0, 0.05) is 10.9 Å². The molecule has 1 nitrogen and oxygen atoms in total. The fourth-order valence-electron chi connectivity index (χ4n) is 1.94. The lowest BCUT2D eigenvalue weighted by Gasteiger charge is -2.19. The van der Waals surface area contributed by atoms with Crippen LogP contribution in [0.1, 0.15) is 45.2 Å². The summed E-state index contributed by atoms with van der Waals surface area (Å²) in [6, 6.07) is 9.34. The summed E-state index contributed by atoms with van der Waals surface area (Å²) >= 11 is 1.89. The van der Waals surface area contributed by atoms with Crippen LogP contribution in [0.3, 0.4) is 0 Å². The topological polar surface area (TPSA) is 12.0 Å². The Morgan fingerprint density at radius 3 is 2.44 bits per heavy atom. The van der Waals surface area contributed by atoms with E-state index in [1.165, 1.54) is 16.0 Å². The van der Waals surface area contributed by atoms with Crippen LogP contribution in [-0.2, 0) is 0 Å². The van der Waals surface area contributed by atoms with Gasteiger partial charge in [0.25, 0.3) is 0 Å². The maximum absolute atomic E-state index is 4.03. The number of hydrogen-bond donors (Lipinski definition) is 1. The van der Waals surface area contributed by atoms with Crippen LogP contribution in [0.4, 0.5) is 0 Å². The molecule has 0 radical (unpaired) electrons. The van der Waals surface area contributed by atoms with Crippen LogP contribution in [0, 0.1) is 0 Å². The zero-order valence-electron chi connectivity index (χ0n) is 11.8. The molecule has 0 aliphatic carbocycles. The summed E-state index contributed by atoms with van der Waals surface area (Å²) in [5.74, 6) is 1.13. The van der Waals surface area contributed by atoms with E-state index in [2.05, 4.69) is 56.9 Å². The average Bonchev–Trinajstić information content (AvgIpc) is 2.35. The van der Waals surface area contributed by atoms with Crippen LogP contribution in [0.2, 0.25) is 0 Å². The Morgan fingerprint density at radius 1 is 1.28 bits per heavy atom. The smallest absolute Gasteiger partial charge is 0.0357 e. The van der Waals surface area contributed by atoms with Crippen molar-refractivity contribution in [3.63, 3.8) is 0 Å². The fraction of sp³-hybridized carbons (Fsp3) is 0.500. The van der Waals surface area contributed by atoms with Gasteiger partial charge in [-0.2, -0.15) is 0 Å². The van der Waals surface area contributed by atoms with E-state index >= 15 is 0 Å². The van der Waals surface area contributed by atoms with Gasteiger partial charge in [-0.1, -0.05) is 31.6 Å². The minimum atomic E-state index is 0.406. The summed E-state index contributed by atoms with van der Waals surface area (Å²) in [5, 5.41) is 3.60. The molecule has 0 bridgehead atoms. The molecule has 1 unspecified atom stereocenters. The third kappa shape index (κ3) is 5.28. The SMILES string of the molecule is C=C(C)CC(NCCC)c1ccc(SCC)cc1. The Hall–Kier alpha value is -0.730. The van der Waals surface area contributed by atoms with Gasteiger partial charge in [0.2, 0.25) is 0 Å². The molecule has 0 aromatic heterocycles. The van der Waals surface area contributed by atoms with Crippen molar-refractivity contribution in [2.45, 2.75) is 44.6 Å². The molecule has 0 aliphatic rings. The molecule has 0 amide bonds. The highest BCUT2D eigenvalue weighted by molar-refractivity contribution is 7.99. The molecule has 0 fully saturated rings. The number of nitrogens with one attached hydrogen (secondary N) is 1. The first kappa shape index (κ1) is 15.3. The van der Waals surface area contributed by atoms with Crippen molar-refractivity contribution in [3.8, 4) is 0 Å². The predicted octanol–water partition coefficient (Wildman–Crippen LogP) is 4.81. The molecule has 1 aromatic carbocycles. The predicted molar refractivity (Wildman–Crippen MR) is 83.3 cm³/mol. The quantitative estimate of drug-likeness (QED) is 0.534. The van der Waals surface area contributed by atoms with E-state index in [9.17, 15) is 0 Å². The van der Waals surface area contributed by atoms with Gasteiger partial charge in [-0.3, -0.25) is 0 Å². The van der Waals surface area contributed by atoms with Crippen molar-refractivity contribution in [1.82, 2.24) is 5.32 Å². The van der Waals surface area contributed by atoms with Gasteiger partial charge < -0.3 is 5.32 Å². The molecule has 0 saturated carbocycles. The fourth-order valence-corrected chi connectivity index (χ4v) is 2.60. The van der Waals surface area contributed by atoms with Gasteiger partial charge in [-0.05, 0) is 49.8 Å². The first-order chi connectivity index (χ1) is 8.67. The van der Waals surface area contributed by atoms with Crippen molar-refractivity contribution in [2.75, 3.05) is 12.3 Å². The first-order valence-electron chi connectivity index (χ1n) is 6.77. The van der Waals surface area contributed by atoms with E-state index < -0.39 is 0 Å². The molecule has 100 valence electrons. The van der Waals surface area contributed by atoms with Crippen molar-refractivity contribution < 1.29 is 0 Å². The molecule has 0 spiro atoms. The van der Waals surface area contributed by atoms with Crippen molar-refractivity contribution >= 4 is 11.8 Å². The molecule has 0 heterocycles. The maximum atomic E-state index is 4.03. The average molecular weight is 263 g/mol. The first-order valence-corrected chi connectivity index (χ1v) is 7.76. The largest absolute Gasteiger partial charge is 0.310 e. The summed E-state index contributed by atoms with van der Waals surface area (Å²) < 4.78 is 0. The molecule has 1 N–H and O–H groups in total. The van der Waals surface area contributed by atoms with Gasteiger partial charge in [0.15, 0.2) is 0 Å². The van der Waals surface area contributed by atoms with Crippen LogP contribution >= 0.6 is 11.8 Å². The number of benzene rings is 1. The van der Waals surface area contributed by atoms with Crippen LogP contribution in [0.25, 0.3) is 0 Å². The molecular formula is C16H25NS. The van der Waals surface area contributed by atoms with E-state index in [0.29, 0.717) is 6.04 Å². The van der Waals surface area contributed by atoms with Crippen molar-refractivity contribution in [2.24, 2.45) is 0 Å². The highest BCUT2D eigenvalue weighted by atomic mass is 32.2. The molecule has 0 saturated heterocycles. The lowest BCUT2D eigenvalue weighted by molar-refractivity contribution is 0.528. The Labute approximate surface area is 116 Å². The Balaban J connectivity index is 2.73. The van der Waals surface area contributed by atoms with Crippen LogP contribution in [0.5, 0.6) is 0 Å². The third-order valence-electron chi connectivity index (χ3n) is 2.79. The molecule has 1 aromatic rings. The van der Waals surface area contributed by atoms with Crippen molar-refractivity contribution in [3.05, 3.63) is 42.0 Å². The standard InChI is InChI=1S/C16H25NS/c1-5-11-17-16(12-13(3)4)14-7-9-15(10-8-14)18-6-2/h7-10,16-17H,3,5-6,11-12H2,1-2,4H3. The number of thioether (sulfide) groups is 1. The molecular weight excluding hydrogens is 238 g/mol. The second-order valence-corrected chi connectivity index (χ2v) is 6.01. The maximum Gasteiger partial charge on any atom is 0.0357 e. The van der Waals surface area contributed by atoms with E-state index in [1.807, 2.05) is 11.8 Å². The zero-order chi connectivity index (χ0) is 13.4. The highest BCUT2D eigenvalue weighted by Crippen LogP contribution is 2.24. The van der Waals surface area contributed by atoms with Crippen molar-refractivity contribution in [1.29, 1.82) is 0 Å². The van der Waals surface area contributed by atoms with Gasteiger partial charge in [0.05, 0.1) is 0 Å². The van der Waals surface area contributed by atoms with Gasteiger partial charge in [-0.25, -0.2) is 0 Å². The number of hydrogen-bond acceptors (Lipinski definition) is 2. The zero-order valence-corrected chi connectivity index (χ0v) is 12.6. The Bertz CT molecular complexity index is 356. The molecule has 2 heteroatoms. The molecule has 18 heavy (non-hydrogen) atoms. The summed E-state index contributed by atoms with van der Waals surface area (Å²) in [4.78, 5) is 1.35. The summed E-state index contributed by atoms with van der Waals surface area (Å²) in [7, 11) is 0. The summed E-state index contributed by atoms with van der Waals surface area (Å²) in [6.07, 6.45) is 2.18. The lowest BCUT2D eigenvalue weighted by atomic mass is 10.0. The van der Waals surface area contributed by atoms with Crippen LogP contribution < -0.4 is 5.32 Å². The van der Waals surface area contributed by atoms with Crippen LogP contribution in [-0.4, -0.2) is 12.3 Å². The van der Waals surface area contributed by atoms with Gasteiger partial charge in [-0.15, -0.1) is 18.3 Å². The van der Waals surface area contributed by atoms with Gasteiger partial charge in [0.1, 0.15) is 0 Å². The minimum absolute atomic E-state index is 0.406. The van der Waals surface area contributed by atoms with E-state index in [-0.39, 0.29) is 0 Å². The van der Waals surface area contributed by atoms with E-state index in [0.717, 1.165) is 25.1 Å². The minimum Gasteiger partial charge on any atom is -0.310 e. The Kier molecular flexibility index (Phi) is 7.14. The van der Waals surface area contributed by atoms with E-state index in [1.54, 1.807) is 0 Å². The summed E-state index contributed by atoms with van der Waals surface area (Å²) in [6.45, 7) is 11.6. The Morgan fingerprint density at radius 2 is 1.94 bits per heavy atom. The second kappa shape index (κ2) is 8.39. The molecule has 1 rings (SSSR count). The van der Waals surface area contributed by atoms with E-state index in [4.69, 9.17) is 0 Å². The lowest BCUT2D eigenvalue weighted by Crippen LogP contribution is -2.22.